The molecule has 5 heteroatoms. The van der Waals surface area contributed by atoms with Crippen molar-refractivity contribution in [2.24, 2.45) is 0 Å². The van der Waals surface area contributed by atoms with E-state index in [0.29, 0.717) is 37.6 Å². The summed E-state index contributed by atoms with van der Waals surface area (Å²) in [5.41, 5.74) is 0.893. The second-order valence-corrected chi connectivity index (χ2v) is 5.26. The van der Waals surface area contributed by atoms with Gasteiger partial charge in [0.15, 0.2) is 0 Å². The third-order valence-electron chi connectivity index (χ3n) is 3.48. The van der Waals surface area contributed by atoms with E-state index in [4.69, 9.17) is 11.6 Å². The van der Waals surface area contributed by atoms with E-state index in [9.17, 15) is 9.59 Å². The van der Waals surface area contributed by atoms with Crippen LogP contribution in [0.3, 0.4) is 0 Å². The third kappa shape index (κ3) is 5.38. The van der Waals surface area contributed by atoms with E-state index < -0.39 is 0 Å². The summed E-state index contributed by atoms with van der Waals surface area (Å²) in [6, 6.07) is 7.44. The number of amides is 2. The molecule has 0 aromatic heterocycles. The summed E-state index contributed by atoms with van der Waals surface area (Å²) < 4.78 is 0. The fraction of sp³-hybridized carbons (Fsp3) is 0.500. The second-order valence-electron chi connectivity index (χ2n) is 4.85. The first-order valence-electron chi connectivity index (χ1n) is 7.26. The quantitative estimate of drug-likeness (QED) is 0.777. The highest BCUT2D eigenvalue weighted by Crippen LogP contribution is 2.17. The minimum absolute atomic E-state index is 0.0535. The smallest absolute Gasteiger partial charge is 0.224 e. The number of rotatable bonds is 7. The molecule has 1 aromatic carbocycles. The van der Waals surface area contributed by atoms with Gasteiger partial charge in [0.05, 0.1) is 0 Å². The number of hydrogen-bond donors (Lipinski definition) is 0. The summed E-state index contributed by atoms with van der Waals surface area (Å²) in [4.78, 5) is 27.2. The van der Waals surface area contributed by atoms with Gasteiger partial charge in [0.2, 0.25) is 11.8 Å². The van der Waals surface area contributed by atoms with Crippen LogP contribution in [0, 0.1) is 0 Å². The second kappa shape index (κ2) is 8.67. The highest BCUT2D eigenvalue weighted by atomic mass is 35.5. The van der Waals surface area contributed by atoms with Crippen LogP contribution in [0.2, 0.25) is 5.02 Å². The topological polar surface area (TPSA) is 40.6 Å². The monoisotopic (exact) mass is 310 g/mol. The molecule has 1 aromatic rings. The van der Waals surface area contributed by atoms with Crippen LogP contribution < -0.4 is 0 Å². The first kappa shape index (κ1) is 17.5. The highest BCUT2D eigenvalue weighted by Gasteiger charge is 2.15. The molecule has 0 saturated heterocycles. The number of halogens is 1. The largest absolute Gasteiger partial charge is 0.343 e. The van der Waals surface area contributed by atoms with Crippen molar-refractivity contribution in [2.75, 3.05) is 19.6 Å². The molecule has 0 spiro atoms. The van der Waals surface area contributed by atoms with Crippen molar-refractivity contribution in [3.05, 3.63) is 34.9 Å². The Kier molecular flexibility index (Phi) is 7.23. The van der Waals surface area contributed by atoms with Crippen LogP contribution in [-0.2, 0) is 16.1 Å². The summed E-state index contributed by atoms with van der Waals surface area (Å²) in [6.45, 7) is 7.65. The maximum absolute atomic E-state index is 12.0. The molecule has 116 valence electrons. The summed E-state index contributed by atoms with van der Waals surface area (Å²) >= 11 is 6.12. The normalized spacial score (nSPS) is 10.3. The van der Waals surface area contributed by atoms with Crippen LogP contribution in [0.15, 0.2) is 24.3 Å². The van der Waals surface area contributed by atoms with Gasteiger partial charge in [0.25, 0.3) is 0 Å². The van der Waals surface area contributed by atoms with E-state index in [0.717, 1.165) is 5.56 Å². The van der Waals surface area contributed by atoms with E-state index >= 15 is 0 Å². The van der Waals surface area contributed by atoms with E-state index in [1.165, 1.54) is 6.92 Å². The molecule has 4 nitrogen and oxygen atoms in total. The molecular formula is C16H23ClN2O2. The Morgan fingerprint density at radius 3 is 2.24 bits per heavy atom. The lowest BCUT2D eigenvalue weighted by molar-refractivity contribution is -0.133. The molecule has 0 atom stereocenters. The average molecular weight is 311 g/mol. The number of carbonyl (C=O) groups is 2. The van der Waals surface area contributed by atoms with Crippen LogP contribution in [0.5, 0.6) is 0 Å². The Morgan fingerprint density at radius 1 is 1.10 bits per heavy atom. The minimum Gasteiger partial charge on any atom is -0.343 e. The number of carbonyl (C=O) groups excluding carboxylic acids is 2. The Morgan fingerprint density at radius 2 is 1.71 bits per heavy atom. The van der Waals surface area contributed by atoms with Crippen molar-refractivity contribution >= 4 is 23.4 Å². The van der Waals surface area contributed by atoms with Gasteiger partial charge in [-0.25, -0.2) is 0 Å². The standard InChI is InChI=1S/C16H23ClN2O2/c1-4-18(5-2)16(21)10-11-19(13(3)20)12-14-8-6-7-9-15(14)17/h6-9H,4-5,10-12H2,1-3H3. The molecule has 0 fully saturated rings. The van der Waals surface area contributed by atoms with Gasteiger partial charge in [-0.05, 0) is 25.5 Å². The zero-order valence-corrected chi connectivity index (χ0v) is 13.7. The fourth-order valence-corrected chi connectivity index (χ4v) is 2.34. The van der Waals surface area contributed by atoms with Crippen LogP contribution in [0.25, 0.3) is 0 Å². The van der Waals surface area contributed by atoms with Gasteiger partial charge >= 0.3 is 0 Å². The van der Waals surface area contributed by atoms with Crippen molar-refractivity contribution in [1.82, 2.24) is 9.80 Å². The van der Waals surface area contributed by atoms with Gasteiger partial charge in [-0.2, -0.15) is 0 Å². The maximum atomic E-state index is 12.0. The molecule has 0 N–H and O–H groups in total. The lowest BCUT2D eigenvalue weighted by Gasteiger charge is -2.24. The van der Waals surface area contributed by atoms with Crippen molar-refractivity contribution < 1.29 is 9.59 Å². The molecular weight excluding hydrogens is 288 g/mol. The Hall–Kier alpha value is -1.55. The molecule has 0 radical (unpaired) electrons. The molecule has 0 aliphatic heterocycles. The van der Waals surface area contributed by atoms with Gasteiger partial charge in [0, 0.05) is 44.5 Å². The number of nitrogens with zero attached hydrogens (tertiary/aromatic N) is 2. The minimum atomic E-state index is -0.0535. The number of hydrogen-bond acceptors (Lipinski definition) is 2. The predicted molar refractivity (Wildman–Crippen MR) is 85.1 cm³/mol. The summed E-state index contributed by atoms with van der Waals surface area (Å²) in [5.74, 6) is 0.0210. The van der Waals surface area contributed by atoms with Gasteiger partial charge in [-0.1, -0.05) is 29.8 Å². The summed E-state index contributed by atoms with van der Waals surface area (Å²) in [7, 11) is 0. The summed E-state index contributed by atoms with van der Waals surface area (Å²) in [6.07, 6.45) is 0.339. The zero-order valence-electron chi connectivity index (χ0n) is 12.9. The zero-order chi connectivity index (χ0) is 15.8. The maximum Gasteiger partial charge on any atom is 0.224 e. The average Bonchev–Trinajstić information content (AvgIpc) is 2.46. The summed E-state index contributed by atoms with van der Waals surface area (Å²) in [5, 5.41) is 0.638. The predicted octanol–water partition coefficient (Wildman–Crippen LogP) is 2.95. The van der Waals surface area contributed by atoms with E-state index in [2.05, 4.69) is 0 Å². The highest BCUT2D eigenvalue weighted by molar-refractivity contribution is 6.31. The third-order valence-corrected chi connectivity index (χ3v) is 3.84. The first-order valence-corrected chi connectivity index (χ1v) is 7.64. The van der Waals surface area contributed by atoms with Gasteiger partial charge < -0.3 is 9.80 Å². The number of benzene rings is 1. The molecule has 0 aliphatic rings. The molecule has 0 aliphatic carbocycles. The van der Waals surface area contributed by atoms with Gasteiger partial charge in [-0.15, -0.1) is 0 Å². The molecule has 21 heavy (non-hydrogen) atoms. The van der Waals surface area contributed by atoms with Crippen LogP contribution in [0.1, 0.15) is 32.8 Å². The lowest BCUT2D eigenvalue weighted by atomic mass is 10.2. The Labute approximate surface area is 131 Å². The van der Waals surface area contributed by atoms with Gasteiger partial charge in [0.1, 0.15) is 0 Å². The Bertz CT molecular complexity index is 487. The van der Waals surface area contributed by atoms with Crippen molar-refractivity contribution in [1.29, 1.82) is 0 Å². The SMILES string of the molecule is CCN(CC)C(=O)CCN(Cc1ccccc1Cl)C(C)=O. The molecule has 0 unspecified atom stereocenters. The van der Waals surface area contributed by atoms with Gasteiger partial charge in [-0.3, -0.25) is 9.59 Å². The first-order chi connectivity index (χ1) is 9.99. The van der Waals surface area contributed by atoms with Crippen molar-refractivity contribution in [3.8, 4) is 0 Å². The van der Waals surface area contributed by atoms with E-state index in [-0.39, 0.29) is 11.8 Å². The lowest BCUT2D eigenvalue weighted by Crippen LogP contribution is -2.36. The molecule has 1 rings (SSSR count). The van der Waals surface area contributed by atoms with Crippen LogP contribution in [-0.4, -0.2) is 41.2 Å². The molecule has 2 amide bonds. The molecule has 0 heterocycles. The fourth-order valence-electron chi connectivity index (χ4n) is 2.15. The van der Waals surface area contributed by atoms with Crippen LogP contribution >= 0.6 is 11.6 Å². The van der Waals surface area contributed by atoms with Crippen molar-refractivity contribution in [2.45, 2.75) is 33.7 Å². The molecule has 0 bridgehead atoms. The van der Waals surface area contributed by atoms with E-state index in [1.807, 2.05) is 32.0 Å². The van der Waals surface area contributed by atoms with Crippen LogP contribution in [0.4, 0.5) is 0 Å². The Balaban J connectivity index is 2.65. The molecule has 0 saturated carbocycles. The van der Waals surface area contributed by atoms with E-state index in [1.54, 1.807) is 15.9 Å². The van der Waals surface area contributed by atoms with Crippen molar-refractivity contribution in [3.63, 3.8) is 0 Å².